The van der Waals surface area contributed by atoms with E-state index in [1.54, 1.807) is 13.1 Å². The van der Waals surface area contributed by atoms with Crippen LogP contribution in [-0.4, -0.2) is 50.5 Å². The lowest BCUT2D eigenvalue weighted by molar-refractivity contribution is -0.885. The molecular weight excluding hydrogens is 366 g/mol. The maximum atomic E-state index is 12.4. The lowest BCUT2D eigenvalue weighted by Crippen LogP contribution is -3.08. The summed E-state index contributed by atoms with van der Waals surface area (Å²) in [6.45, 7) is 7.13. The van der Waals surface area contributed by atoms with E-state index in [1.807, 2.05) is 62.5 Å². The fourth-order valence-electron chi connectivity index (χ4n) is 2.80. The molecule has 0 saturated carbocycles. The van der Waals surface area contributed by atoms with Gasteiger partial charge in [-0.05, 0) is 43.3 Å². The van der Waals surface area contributed by atoms with Crippen LogP contribution in [0.15, 0.2) is 61.2 Å². The first-order valence-corrected chi connectivity index (χ1v) is 9.62. The monoisotopic (exact) mass is 396 g/mol. The lowest BCUT2D eigenvalue weighted by Gasteiger charge is -2.20. The van der Waals surface area contributed by atoms with Gasteiger partial charge >= 0.3 is 0 Å². The molecule has 6 nitrogen and oxygen atoms in total. The second-order valence-corrected chi connectivity index (χ2v) is 7.22. The minimum atomic E-state index is -0.211. The van der Waals surface area contributed by atoms with Crippen molar-refractivity contribution in [3.63, 3.8) is 0 Å². The second-order valence-electron chi connectivity index (χ2n) is 7.22. The molecule has 0 bridgehead atoms. The number of ether oxygens (including phenoxy) is 1. The highest BCUT2D eigenvalue weighted by Gasteiger charge is 2.17. The second kappa shape index (κ2) is 11.0. The number of quaternary nitrogens is 1. The van der Waals surface area contributed by atoms with Gasteiger partial charge in [0, 0.05) is 18.3 Å². The van der Waals surface area contributed by atoms with Crippen molar-refractivity contribution in [3.8, 4) is 5.75 Å². The maximum Gasteiger partial charge on any atom is 0.277 e. The number of likely N-dealkylation sites (N-methyl/N-ethyl adjacent to an activating group) is 2. The molecule has 0 heterocycles. The number of amides is 2. The predicted molar refractivity (Wildman–Crippen MR) is 115 cm³/mol. The Hall–Kier alpha value is -3.12. The Bertz CT molecular complexity index is 816. The highest BCUT2D eigenvalue weighted by Crippen LogP contribution is 2.11. The minimum Gasteiger partial charge on any atom is -0.490 e. The van der Waals surface area contributed by atoms with Crippen molar-refractivity contribution in [2.24, 2.45) is 0 Å². The summed E-state index contributed by atoms with van der Waals surface area (Å²) in [5, 5.41) is 2.81. The summed E-state index contributed by atoms with van der Waals surface area (Å²) >= 11 is 0. The number of benzene rings is 2. The molecule has 2 aromatic rings. The average Bonchev–Trinajstić information content (AvgIpc) is 2.69. The highest BCUT2D eigenvalue weighted by atomic mass is 16.5. The molecule has 2 rings (SSSR count). The number of hydrogen-bond donors (Lipinski definition) is 2. The molecule has 0 saturated heterocycles. The molecule has 0 fully saturated rings. The molecule has 2 N–H and O–H groups in total. The first-order valence-electron chi connectivity index (χ1n) is 9.62. The van der Waals surface area contributed by atoms with Crippen molar-refractivity contribution in [2.75, 3.05) is 39.1 Å². The van der Waals surface area contributed by atoms with E-state index in [9.17, 15) is 9.59 Å². The Labute approximate surface area is 172 Å². The number of carbonyl (C=O) groups is 2. The number of nitrogens with zero attached hydrogens (tertiary/aromatic N) is 1. The van der Waals surface area contributed by atoms with Crippen LogP contribution in [0.25, 0.3) is 0 Å². The Morgan fingerprint density at radius 3 is 2.41 bits per heavy atom. The van der Waals surface area contributed by atoms with Gasteiger partial charge in [-0.2, -0.15) is 0 Å². The fraction of sp³-hybridized carbons (Fsp3) is 0.304. The van der Waals surface area contributed by atoms with Gasteiger partial charge in [0.2, 0.25) is 5.91 Å². The van der Waals surface area contributed by atoms with Crippen LogP contribution < -0.4 is 15.0 Å². The summed E-state index contributed by atoms with van der Waals surface area (Å²) in [5.74, 6) is 0.506. The van der Waals surface area contributed by atoms with Crippen LogP contribution >= 0.6 is 0 Å². The van der Waals surface area contributed by atoms with Crippen molar-refractivity contribution >= 4 is 17.5 Å². The molecule has 1 atom stereocenters. The summed E-state index contributed by atoms with van der Waals surface area (Å²) in [7, 11) is 3.61. The van der Waals surface area contributed by atoms with E-state index < -0.39 is 0 Å². The van der Waals surface area contributed by atoms with Gasteiger partial charge in [0.05, 0.1) is 13.6 Å². The summed E-state index contributed by atoms with van der Waals surface area (Å²) in [4.78, 5) is 27.1. The number of nitrogens with one attached hydrogen (secondary N) is 2. The van der Waals surface area contributed by atoms with Crippen LogP contribution in [0, 0.1) is 6.92 Å². The molecule has 0 aliphatic rings. The van der Waals surface area contributed by atoms with Gasteiger partial charge in [-0.15, -0.1) is 0 Å². The first-order chi connectivity index (χ1) is 13.9. The molecule has 1 unspecified atom stereocenters. The van der Waals surface area contributed by atoms with Crippen LogP contribution in [0.4, 0.5) is 5.69 Å². The number of carbonyl (C=O) groups excluding carboxylic acids is 2. The maximum absolute atomic E-state index is 12.4. The highest BCUT2D eigenvalue weighted by molar-refractivity contribution is 5.94. The van der Waals surface area contributed by atoms with Gasteiger partial charge in [0.15, 0.2) is 6.54 Å². The Kier molecular flexibility index (Phi) is 8.43. The van der Waals surface area contributed by atoms with E-state index in [0.29, 0.717) is 19.7 Å². The van der Waals surface area contributed by atoms with Crippen LogP contribution in [0.1, 0.15) is 11.1 Å². The largest absolute Gasteiger partial charge is 0.490 e. The molecule has 2 amide bonds. The summed E-state index contributed by atoms with van der Waals surface area (Å²) in [5.41, 5.74) is 2.96. The van der Waals surface area contributed by atoms with Crippen molar-refractivity contribution in [3.05, 3.63) is 72.3 Å². The Morgan fingerprint density at radius 1 is 1.14 bits per heavy atom. The first kappa shape index (κ1) is 22.2. The average molecular weight is 397 g/mol. The number of aryl methyl sites for hydroxylation is 1. The van der Waals surface area contributed by atoms with E-state index in [-0.39, 0.29) is 18.4 Å². The molecule has 6 heteroatoms. The van der Waals surface area contributed by atoms with E-state index in [2.05, 4.69) is 11.9 Å². The third kappa shape index (κ3) is 7.79. The third-order valence-electron chi connectivity index (χ3n) is 4.39. The molecule has 154 valence electrons. The van der Waals surface area contributed by atoms with E-state index >= 15 is 0 Å². The van der Waals surface area contributed by atoms with Crippen molar-refractivity contribution in [2.45, 2.75) is 13.5 Å². The van der Waals surface area contributed by atoms with E-state index in [1.165, 1.54) is 4.90 Å². The minimum absolute atomic E-state index is 0.0231. The van der Waals surface area contributed by atoms with Gasteiger partial charge in [0.1, 0.15) is 18.9 Å². The van der Waals surface area contributed by atoms with Gasteiger partial charge in [-0.1, -0.05) is 30.4 Å². The molecule has 0 aliphatic heterocycles. The summed E-state index contributed by atoms with van der Waals surface area (Å²) in [6.07, 6.45) is 1.70. The molecule has 0 radical (unpaired) electrons. The van der Waals surface area contributed by atoms with Crippen molar-refractivity contribution in [1.82, 2.24) is 4.90 Å². The van der Waals surface area contributed by atoms with Crippen LogP contribution in [0.2, 0.25) is 0 Å². The van der Waals surface area contributed by atoms with Crippen LogP contribution in [-0.2, 0) is 16.1 Å². The number of anilines is 1. The summed E-state index contributed by atoms with van der Waals surface area (Å²) < 4.78 is 5.47. The van der Waals surface area contributed by atoms with Gasteiger partial charge in [0.25, 0.3) is 5.91 Å². The topological polar surface area (TPSA) is 63.1 Å². The number of rotatable bonds is 10. The van der Waals surface area contributed by atoms with Gasteiger partial charge < -0.3 is 19.9 Å². The van der Waals surface area contributed by atoms with Crippen molar-refractivity contribution in [1.29, 1.82) is 0 Å². The zero-order valence-corrected chi connectivity index (χ0v) is 17.4. The van der Waals surface area contributed by atoms with Crippen LogP contribution in [0.5, 0.6) is 5.75 Å². The smallest absolute Gasteiger partial charge is 0.277 e. The van der Waals surface area contributed by atoms with Gasteiger partial charge in [-0.3, -0.25) is 9.59 Å². The van der Waals surface area contributed by atoms with E-state index in [4.69, 9.17) is 4.74 Å². The molecule has 0 aliphatic carbocycles. The molecular formula is C23H30N3O3+. The van der Waals surface area contributed by atoms with E-state index in [0.717, 1.165) is 27.5 Å². The zero-order chi connectivity index (χ0) is 21.2. The molecule has 2 aromatic carbocycles. The molecule has 0 aromatic heterocycles. The summed E-state index contributed by atoms with van der Waals surface area (Å²) in [6, 6.07) is 15.4. The van der Waals surface area contributed by atoms with Crippen LogP contribution in [0.3, 0.4) is 0 Å². The molecule has 0 spiro atoms. The normalized spacial score (nSPS) is 11.4. The Morgan fingerprint density at radius 2 is 1.79 bits per heavy atom. The van der Waals surface area contributed by atoms with Crippen molar-refractivity contribution < 1.29 is 19.2 Å². The third-order valence-corrected chi connectivity index (χ3v) is 4.39. The standard InChI is InChI=1S/C23H29N3O3/c1-5-14-29-21-12-8-19(9-13-21)15-25(3)17-23(28)26(4)16-22(27)24-20-10-6-18(2)7-11-20/h5-13H,1,14-17H2,2-4H3,(H,24,27)/p+1. The zero-order valence-electron chi connectivity index (χ0n) is 17.4. The molecule has 29 heavy (non-hydrogen) atoms. The Balaban J connectivity index is 1.78. The number of hydrogen-bond acceptors (Lipinski definition) is 3. The predicted octanol–water partition coefficient (Wildman–Crippen LogP) is 1.67. The SMILES string of the molecule is C=CCOc1ccc(C[NH+](C)CC(=O)N(C)CC(=O)Nc2ccc(C)cc2)cc1. The quantitative estimate of drug-likeness (QED) is 0.601. The lowest BCUT2D eigenvalue weighted by atomic mass is 10.2. The van der Waals surface area contributed by atoms with Gasteiger partial charge in [-0.25, -0.2) is 0 Å². The fourth-order valence-corrected chi connectivity index (χ4v) is 2.80.